The van der Waals surface area contributed by atoms with Gasteiger partial charge >= 0.3 is 0 Å². The van der Waals surface area contributed by atoms with E-state index in [-0.39, 0.29) is 0 Å². The number of hydrogen-bond donors (Lipinski definition) is 0. The number of hydrogen-bond acceptors (Lipinski definition) is 0. The third-order valence-electron chi connectivity index (χ3n) is 4.64. The Kier molecular flexibility index (Phi) is 20.3. The van der Waals surface area contributed by atoms with Gasteiger partial charge in [-0.3, -0.25) is 0 Å². The molecule has 0 nitrogen and oxygen atoms in total. The first kappa shape index (κ1) is 30.1. The van der Waals surface area contributed by atoms with Crippen molar-refractivity contribution in [1.29, 1.82) is 0 Å². The van der Waals surface area contributed by atoms with Gasteiger partial charge in [0.15, 0.2) is 0 Å². The molecule has 0 aliphatic carbocycles. The summed E-state index contributed by atoms with van der Waals surface area (Å²) in [5, 5.41) is 0. The van der Waals surface area contributed by atoms with Crippen molar-refractivity contribution in [2.75, 3.05) is 0 Å². The predicted molar refractivity (Wildman–Crippen MR) is 142 cm³/mol. The summed E-state index contributed by atoms with van der Waals surface area (Å²) in [7, 11) is 0. The van der Waals surface area contributed by atoms with Crippen LogP contribution in [0.25, 0.3) is 0 Å². The zero-order valence-corrected chi connectivity index (χ0v) is 21.3. The van der Waals surface area contributed by atoms with Gasteiger partial charge in [0.1, 0.15) is 0 Å². The molecule has 0 amide bonds. The Hall–Kier alpha value is -2.08. The molecule has 0 N–H and O–H groups in total. The third kappa shape index (κ3) is 24.0. The van der Waals surface area contributed by atoms with Gasteiger partial charge in [-0.15, -0.1) is 0 Å². The second kappa shape index (κ2) is 20.2. The molecule has 0 fully saturated rings. The molecule has 168 valence electrons. The fourth-order valence-electron chi connectivity index (χ4n) is 2.44. The fourth-order valence-corrected chi connectivity index (χ4v) is 2.44. The zero-order valence-electron chi connectivity index (χ0n) is 21.3. The number of allylic oxidation sites excluding steroid dienone is 14. The predicted octanol–water partition coefficient (Wildman–Crippen LogP) is 10.4. The van der Waals surface area contributed by atoms with E-state index < -0.39 is 0 Å². The van der Waals surface area contributed by atoms with E-state index in [0.29, 0.717) is 0 Å². The molecule has 0 aliphatic heterocycles. The summed E-state index contributed by atoms with van der Waals surface area (Å²) in [6.07, 6.45) is 24.1. The van der Waals surface area contributed by atoms with Crippen molar-refractivity contribution in [3.63, 3.8) is 0 Å². The van der Waals surface area contributed by atoms with Gasteiger partial charge in [-0.1, -0.05) is 95.2 Å². The van der Waals surface area contributed by atoms with E-state index in [1.807, 2.05) is 12.2 Å². The minimum atomic E-state index is 1.03. The lowest BCUT2D eigenvalue weighted by Crippen LogP contribution is -1.77. The van der Waals surface area contributed by atoms with E-state index in [2.05, 4.69) is 105 Å². The topological polar surface area (TPSA) is 0 Å². The van der Waals surface area contributed by atoms with Gasteiger partial charge in [-0.05, 0) is 93.9 Å². The molecule has 0 heterocycles. The van der Waals surface area contributed by atoms with Crippen LogP contribution in [0.3, 0.4) is 0 Å². The molecule has 30 heavy (non-hydrogen) atoms. The summed E-state index contributed by atoms with van der Waals surface area (Å²) in [5.41, 5.74) is 8.27. The summed E-state index contributed by atoms with van der Waals surface area (Å²) < 4.78 is 0. The zero-order chi connectivity index (χ0) is 23.4. The minimum absolute atomic E-state index is 1.03. The molecule has 0 aromatic heterocycles. The van der Waals surface area contributed by atoms with Crippen LogP contribution in [0.5, 0.6) is 0 Å². The number of rotatable bonds is 12. The van der Waals surface area contributed by atoms with Crippen LogP contribution in [0, 0.1) is 0 Å². The van der Waals surface area contributed by atoms with E-state index >= 15 is 0 Å². The second-order valence-electron chi connectivity index (χ2n) is 8.52. The highest BCUT2D eigenvalue weighted by Gasteiger charge is 1.89. The van der Waals surface area contributed by atoms with Gasteiger partial charge < -0.3 is 0 Å². The Morgan fingerprint density at radius 1 is 0.500 bits per heavy atom. The Bertz CT molecular complexity index is 601. The standard InChI is InChI=1S/2C15H24/c2*1-6-14(4)10-8-12-15(5)11-7-9-13(2)3/h2*6,9-10,12H,1,7-8,11H2,2-5H3/b2*14-10+,15-12+. The first-order valence-electron chi connectivity index (χ1n) is 11.3. The van der Waals surface area contributed by atoms with E-state index in [9.17, 15) is 0 Å². The molecule has 0 unspecified atom stereocenters. The SMILES string of the molecule is C=C/C(C)=C/C/C=C(\C)CCC=C(C)C.C=C/C(C)=C/C/C=C(\C)CCC=C(C)C. The second-order valence-corrected chi connectivity index (χ2v) is 8.52. The fraction of sp³-hybridized carbons (Fsp3) is 0.467. The van der Waals surface area contributed by atoms with Crippen molar-refractivity contribution in [2.24, 2.45) is 0 Å². The molecule has 0 saturated carbocycles. The van der Waals surface area contributed by atoms with Gasteiger partial charge in [0.25, 0.3) is 0 Å². The Morgan fingerprint density at radius 2 is 0.833 bits per heavy atom. The monoisotopic (exact) mass is 408 g/mol. The summed E-state index contributed by atoms with van der Waals surface area (Å²) in [6, 6.07) is 0. The summed E-state index contributed by atoms with van der Waals surface area (Å²) in [5.74, 6) is 0. The maximum atomic E-state index is 3.73. The molecular weight excluding hydrogens is 360 g/mol. The van der Waals surface area contributed by atoms with Gasteiger partial charge in [0.2, 0.25) is 0 Å². The van der Waals surface area contributed by atoms with Crippen molar-refractivity contribution in [1.82, 2.24) is 0 Å². The average Bonchev–Trinajstić information content (AvgIpc) is 2.67. The molecule has 0 bridgehead atoms. The van der Waals surface area contributed by atoms with Crippen LogP contribution in [0.2, 0.25) is 0 Å². The molecule has 0 rings (SSSR count). The minimum Gasteiger partial charge on any atom is -0.0988 e. The van der Waals surface area contributed by atoms with Gasteiger partial charge in [-0.25, -0.2) is 0 Å². The summed E-state index contributed by atoms with van der Waals surface area (Å²) >= 11 is 0. The van der Waals surface area contributed by atoms with Crippen LogP contribution in [0.1, 0.15) is 93.9 Å². The van der Waals surface area contributed by atoms with Crippen LogP contribution in [0.4, 0.5) is 0 Å². The lowest BCUT2D eigenvalue weighted by atomic mass is 10.1. The highest BCUT2D eigenvalue weighted by molar-refractivity contribution is 5.16. The maximum absolute atomic E-state index is 3.73. The maximum Gasteiger partial charge on any atom is -0.0161 e. The Labute approximate surface area is 189 Å². The van der Waals surface area contributed by atoms with Crippen LogP contribution < -0.4 is 0 Å². The van der Waals surface area contributed by atoms with Crippen LogP contribution in [0.15, 0.2) is 95.2 Å². The summed E-state index contributed by atoms with van der Waals surface area (Å²) in [6.45, 7) is 24.6. The average molecular weight is 409 g/mol. The molecule has 0 radical (unpaired) electrons. The molecule has 0 spiro atoms. The molecule has 0 aromatic rings. The van der Waals surface area contributed by atoms with Gasteiger partial charge in [0.05, 0.1) is 0 Å². The summed E-state index contributed by atoms with van der Waals surface area (Å²) in [4.78, 5) is 0. The third-order valence-corrected chi connectivity index (χ3v) is 4.64. The molecule has 0 heteroatoms. The van der Waals surface area contributed by atoms with E-state index in [0.717, 1.165) is 25.7 Å². The van der Waals surface area contributed by atoms with Crippen molar-refractivity contribution < 1.29 is 0 Å². The van der Waals surface area contributed by atoms with Crippen molar-refractivity contribution >= 4 is 0 Å². The van der Waals surface area contributed by atoms with Crippen molar-refractivity contribution in [3.8, 4) is 0 Å². The van der Waals surface area contributed by atoms with Crippen LogP contribution in [-0.2, 0) is 0 Å². The highest BCUT2D eigenvalue weighted by Crippen LogP contribution is 2.09. The van der Waals surface area contributed by atoms with Crippen molar-refractivity contribution in [2.45, 2.75) is 93.9 Å². The van der Waals surface area contributed by atoms with Crippen LogP contribution in [-0.4, -0.2) is 0 Å². The molecule has 0 atom stereocenters. The van der Waals surface area contributed by atoms with Gasteiger partial charge in [-0.2, -0.15) is 0 Å². The lowest BCUT2D eigenvalue weighted by Gasteiger charge is -1.98. The van der Waals surface area contributed by atoms with E-state index in [1.165, 1.54) is 46.3 Å². The Balaban J connectivity index is 0. The first-order chi connectivity index (χ1) is 14.1. The molecule has 0 aromatic carbocycles. The molecule has 0 saturated heterocycles. The van der Waals surface area contributed by atoms with E-state index in [1.54, 1.807) is 0 Å². The van der Waals surface area contributed by atoms with Crippen molar-refractivity contribution in [3.05, 3.63) is 95.2 Å². The largest absolute Gasteiger partial charge is 0.0988 e. The quantitative estimate of drug-likeness (QED) is 0.222. The highest BCUT2D eigenvalue weighted by atomic mass is 14.0. The van der Waals surface area contributed by atoms with Crippen LogP contribution >= 0.6 is 0 Å². The van der Waals surface area contributed by atoms with Gasteiger partial charge in [0, 0.05) is 0 Å². The Morgan fingerprint density at radius 3 is 1.10 bits per heavy atom. The van der Waals surface area contributed by atoms with E-state index in [4.69, 9.17) is 0 Å². The first-order valence-corrected chi connectivity index (χ1v) is 11.3. The molecular formula is C30H48. The normalized spacial score (nSPS) is 12.5. The smallest absolute Gasteiger partial charge is 0.0161 e. The lowest BCUT2D eigenvalue weighted by molar-refractivity contribution is 0.958. The molecule has 0 aliphatic rings.